The zero-order chi connectivity index (χ0) is 21.0. The Labute approximate surface area is 173 Å². The van der Waals surface area contributed by atoms with Crippen molar-refractivity contribution >= 4 is 46.6 Å². The van der Waals surface area contributed by atoms with Crippen LogP contribution < -0.4 is 4.74 Å². The van der Waals surface area contributed by atoms with Crippen LogP contribution in [0.2, 0.25) is 5.28 Å². The zero-order valence-electron chi connectivity index (χ0n) is 14.9. The van der Waals surface area contributed by atoms with Gasteiger partial charge in [-0.05, 0) is 54.1 Å². The molecule has 8 nitrogen and oxygen atoms in total. The molecule has 1 aliphatic rings. The average Bonchev–Trinajstić information content (AvgIpc) is 2.93. The van der Waals surface area contributed by atoms with Crippen molar-refractivity contribution in [2.24, 2.45) is 0 Å². The van der Waals surface area contributed by atoms with Crippen LogP contribution in [0.25, 0.3) is 6.08 Å². The number of esters is 1. The first-order chi connectivity index (χ1) is 13.9. The summed E-state index contributed by atoms with van der Waals surface area (Å²) in [5.74, 6) is -2.18. The van der Waals surface area contributed by atoms with Gasteiger partial charge in [0.1, 0.15) is 12.3 Å². The van der Waals surface area contributed by atoms with Gasteiger partial charge in [-0.1, -0.05) is 12.1 Å². The van der Waals surface area contributed by atoms with Gasteiger partial charge in [0.25, 0.3) is 17.0 Å². The summed E-state index contributed by atoms with van der Waals surface area (Å²) in [7, 11) is 0. The van der Waals surface area contributed by atoms with Gasteiger partial charge in [0.15, 0.2) is 0 Å². The number of hydrogen-bond acceptors (Lipinski definition) is 8. The van der Waals surface area contributed by atoms with Crippen LogP contribution in [0.3, 0.4) is 0 Å². The summed E-state index contributed by atoms with van der Waals surface area (Å²) in [6.45, 7) is 1.32. The van der Waals surface area contributed by atoms with Crippen LogP contribution in [0.4, 0.5) is 9.18 Å². The molecule has 1 fully saturated rings. The number of aromatic nitrogens is 2. The van der Waals surface area contributed by atoms with E-state index >= 15 is 0 Å². The van der Waals surface area contributed by atoms with Crippen LogP contribution in [0.15, 0.2) is 35.4 Å². The van der Waals surface area contributed by atoms with Gasteiger partial charge in [-0.2, -0.15) is 9.37 Å². The molecule has 0 bridgehead atoms. The van der Waals surface area contributed by atoms with E-state index in [0.717, 1.165) is 11.1 Å². The van der Waals surface area contributed by atoms with Crippen LogP contribution >= 0.6 is 23.4 Å². The number of rotatable bonds is 6. The Hall–Kier alpha value is -2.98. The van der Waals surface area contributed by atoms with Crippen LogP contribution in [0, 0.1) is 5.82 Å². The normalized spacial score (nSPS) is 15.1. The fraction of sp³-hybridized carbons (Fsp3) is 0.167. The molecular formula is C18H13ClFN3O5S. The molecule has 1 aromatic heterocycles. The Morgan fingerprint density at radius 3 is 2.93 bits per heavy atom. The first kappa shape index (κ1) is 20.7. The van der Waals surface area contributed by atoms with E-state index in [2.05, 4.69) is 9.97 Å². The van der Waals surface area contributed by atoms with Gasteiger partial charge >= 0.3 is 5.97 Å². The van der Waals surface area contributed by atoms with Crippen LogP contribution in [0.1, 0.15) is 12.5 Å². The lowest BCUT2D eigenvalue weighted by atomic mass is 10.2. The number of hydrogen-bond donors (Lipinski definition) is 0. The monoisotopic (exact) mass is 437 g/mol. The van der Waals surface area contributed by atoms with Gasteiger partial charge in [0.2, 0.25) is 11.1 Å². The van der Waals surface area contributed by atoms with Crippen LogP contribution in [0.5, 0.6) is 11.6 Å². The molecular weight excluding hydrogens is 425 g/mol. The fourth-order valence-corrected chi connectivity index (χ4v) is 3.27. The van der Waals surface area contributed by atoms with Crippen LogP contribution in [-0.4, -0.2) is 45.1 Å². The largest absolute Gasteiger partial charge is 0.465 e. The predicted molar refractivity (Wildman–Crippen MR) is 103 cm³/mol. The van der Waals surface area contributed by atoms with E-state index in [1.165, 1.54) is 12.1 Å². The van der Waals surface area contributed by atoms with Crippen molar-refractivity contribution in [2.75, 3.05) is 13.2 Å². The number of nitrogens with zero attached hydrogens (tertiary/aromatic N) is 3. The number of halogens is 2. The molecule has 0 unspecified atom stereocenters. The van der Waals surface area contributed by atoms with Crippen molar-refractivity contribution in [1.82, 2.24) is 14.9 Å². The zero-order valence-corrected chi connectivity index (χ0v) is 16.5. The van der Waals surface area contributed by atoms with E-state index in [0.29, 0.717) is 17.3 Å². The molecule has 11 heteroatoms. The molecule has 0 spiro atoms. The highest BCUT2D eigenvalue weighted by molar-refractivity contribution is 8.18. The van der Waals surface area contributed by atoms with Gasteiger partial charge in [0.05, 0.1) is 17.7 Å². The maximum Gasteiger partial charge on any atom is 0.326 e. The number of ether oxygens (including phenoxy) is 2. The van der Waals surface area contributed by atoms with Gasteiger partial charge in [0, 0.05) is 0 Å². The molecule has 1 saturated heterocycles. The summed E-state index contributed by atoms with van der Waals surface area (Å²) in [6.07, 6.45) is 2.35. The first-order valence-electron chi connectivity index (χ1n) is 8.24. The molecule has 2 amide bonds. The van der Waals surface area contributed by atoms with Gasteiger partial charge in [-0.15, -0.1) is 0 Å². The highest BCUT2D eigenvalue weighted by Crippen LogP contribution is 2.33. The molecule has 0 radical (unpaired) electrons. The highest BCUT2D eigenvalue weighted by Gasteiger charge is 2.36. The maximum atomic E-state index is 13.7. The summed E-state index contributed by atoms with van der Waals surface area (Å²) in [5, 5.41) is -0.743. The van der Waals surface area contributed by atoms with E-state index in [9.17, 15) is 18.8 Å². The molecule has 2 aromatic rings. The Balaban J connectivity index is 1.78. The van der Waals surface area contributed by atoms with Crippen molar-refractivity contribution in [3.63, 3.8) is 0 Å². The SMILES string of the molecule is CCOC(=O)CN1C(=O)S/C(=C/c2cccc(Oc3nc(Cl)ncc3F)c2)C1=O. The molecule has 150 valence electrons. The molecule has 29 heavy (non-hydrogen) atoms. The Kier molecular flexibility index (Phi) is 6.45. The number of thioether (sulfide) groups is 1. The Bertz CT molecular complexity index is 1020. The maximum absolute atomic E-state index is 13.7. The standard InChI is InChI=1S/C18H13ClFN3O5S/c1-2-27-14(24)9-23-16(25)13(29-18(23)26)7-10-4-3-5-11(6-10)28-15-12(20)8-21-17(19)22-15/h3-8H,2,9H2,1H3/b13-7+. The van der Waals surface area contributed by atoms with Crippen molar-refractivity contribution in [2.45, 2.75) is 6.92 Å². The number of carbonyl (C=O) groups excluding carboxylic acids is 3. The second-order valence-electron chi connectivity index (χ2n) is 5.54. The molecule has 0 saturated carbocycles. The summed E-state index contributed by atoms with van der Waals surface area (Å²) in [4.78, 5) is 44.1. The first-order valence-corrected chi connectivity index (χ1v) is 9.43. The average molecular weight is 438 g/mol. The van der Waals surface area contributed by atoms with E-state index in [1.54, 1.807) is 25.1 Å². The van der Waals surface area contributed by atoms with Crippen molar-refractivity contribution in [1.29, 1.82) is 0 Å². The molecule has 0 atom stereocenters. The third-order valence-corrected chi connectivity index (χ3v) is 4.61. The van der Waals surface area contributed by atoms with E-state index in [4.69, 9.17) is 21.1 Å². The number of imide groups is 1. The minimum atomic E-state index is -0.792. The van der Waals surface area contributed by atoms with E-state index < -0.39 is 29.5 Å². The summed E-state index contributed by atoms with van der Waals surface area (Å²) in [6, 6.07) is 6.36. The van der Waals surface area contributed by atoms with Crippen molar-refractivity contribution in [3.05, 3.63) is 52.0 Å². The van der Waals surface area contributed by atoms with E-state index in [1.807, 2.05) is 0 Å². The van der Waals surface area contributed by atoms with Crippen molar-refractivity contribution < 1.29 is 28.2 Å². The highest BCUT2D eigenvalue weighted by atomic mass is 35.5. The minimum Gasteiger partial charge on any atom is -0.465 e. The number of benzene rings is 1. The third-order valence-electron chi connectivity index (χ3n) is 3.52. The lowest BCUT2D eigenvalue weighted by Crippen LogP contribution is -2.34. The molecule has 2 heterocycles. The smallest absolute Gasteiger partial charge is 0.326 e. The topological polar surface area (TPSA) is 98.7 Å². The quantitative estimate of drug-likeness (QED) is 0.383. The summed E-state index contributed by atoms with van der Waals surface area (Å²) >= 11 is 6.34. The molecule has 0 aliphatic carbocycles. The van der Waals surface area contributed by atoms with E-state index in [-0.39, 0.29) is 28.4 Å². The predicted octanol–water partition coefficient (Wildman–Crippen LogP) is 3.66. The van der Waals surface area contributed by atoms with Gasteiger partial charge in [-0.25, -0.2) is 4.98 Å². The second-order valence-corrected chi connectivity index (χ2v) is 6.87. The fourth-order valence-electron chi connectivity index (χ4n) is 2.31. The van der Waals surface area contributed by atoms with Gasteiger partial charge < -0.3 is 9.47 Å². The summed E-state index contributed by atoms with van der Waals surface area (Å²) < 4.78 is 23.9. The molecule has 1 aromatic carbocycles. The van der Waals surface area contributed by atoms with Gasteiger partial charge in [-0.3, -0.25) is 19.3 Å². The summed E-state index contributed by atoms with van der Waals surface area (Å²) in [5.41, 5.74) is 0.518. The van der Waals surface area contributed by atoms with Crippen molar-refractivity contribution in [3.8, 4) is 11.6 Å². The third kappa shape index (κ3) is 5.09. The molecule has 1 aliphatic heterocycles. The minimum absolute atomic E-state index is 0.132. The number of amides is 2. The lowest BCUT2D eigenvalue weighted by Gasteiger charge is -2.10. The molecule has 0 N–H and O–H groups in total. The van der Waals surface area contributed by atoms with Crippen LogP contribution in [-0.2, 0) is 14.3 Å². The molecule has 3 rings (SSSR count). The number of carbonyl (C=O) groups is 3. The Morgan fingerprint density at radius 1 is 1.38 bits per heavy atom. The lowest BCUT2D eigenvalue weighted by molar-refractivity contribution is -0.145. The Morgan fingerprint density at radius 2 is 2.17 bits per heavy atom. The second kappa shape index (κ2) is 9.01.